The van der Waals surface area contributed by atoms with E-state index in [0.717, 1.165) is 14.2 Å². The second-order valence-electron chi connectivity index (χ2n) is 5.04. The number of hydrogen-bond donors (Lipinski definition) is 1. The van der Waals surface area contributed by atoms with E-state index in [9.17, 15) is 40.7 Å². The number of benzene rings is 1. The van der Waals surface area contributed by atoms with Crippen molar-refractivity contribution in [2.45, 2.75) is 18.8 Å². The fourth-order valence-corrected chi connectivity index (χ4v) is 1.75. The van der Waals surface area contributed by atoms with Crippen LogP contribution in [0.15, 0.2) is 23.3 Å². The Morgan fingerprint density at radius 2 is 1.43 bits per heavy atom. The molecule has 0 radical (unpaired) electrons. The average Bonchev–Trinajstić information content (AvgIpc) is 2.61. The van der Waals surface area contributed by atoms with E-state index in [0.29, 0.717) is 0 Å². The van der Waals surface area contributed by atoms with Gasteiger partial charge in [-0.2, -0.15) is 31.4 Å². The molecule has 0 aliphatic rings. The van der Waals surface area contributed by atoms with Crippen molar-refractivity contribution in [2.24, 2.45) is 5.10 Å². The van der Waals surface area contributed by atoms with Crippen molar-refractivity contribution >= 4 is 23.6 Å². The number of rotatable bonds is 5. The van der Waals surface area contributed by atoms with Crippen LogP contribution in [-0.2, 0) is 31.4 Å². The molecule has 1 aromatic carbocycles. The number of amides is 1. The summed E-state index contributed by atoms with van der Waals surface area (Å²) in [6.07, 6.45) is -11.1. The van der Waals surface area contributed by atoms with Crippen molar-refractivity contribution in [1.29, 1.82) is 0 Å². The topological polar surface area (TPSA) is 94.1 Å². The summed E-state index contributed by atoms with van der Waals surface area (Å²) in [4.78, 5) is 34.6. The largest absolute Gasteiger partial charge is 0.469 e. The second kappa shape index (κ2) is 8.71. The van der Waals surface area contributed by atoms with E-state index in [-0.39, 0.29) is 18.2 Å². The Morgan fingerprint density at radius 3 is 1.82 bits per heavy atom. The summed E-state index contributed by atoms with van der Waals surface area (Å²) >= 11 is 0. The Balaban J connectivity index is 3.26. The van der Waals surface area contributed by atoms with Gasteiger partial charge in [0.05, 0.1) is 31.8 Å². The van der Waals surface area contributed by atoms with Gasteiger partial charge in [-0.3, -0.25) is 9.59 Å². The molecule has 1 amide bonds. The molecule has 0 saturated heterocycles. The molecule has 7 nitrogen and oxygen atoms in total. The Morgan fingerprint density at radius 1 is 0.929 bits per heavy atom. The summed E-state index contributed by atoms with van der Waals surface area (Å²) < 4.78 is 85.4. The van der Waals surface area contributed by atoms with Gasteiger partial charge in [-0.25, -0.2) is 10.2 Å². The number of carbonyl (C=O) groups excluding carboxylic acids is 3. The van der Waals surface area contributed by atoms with E-state index < -0.39 is 59.0 Å². The number of nitrogens with zero attached hydrogens (tertiary/aromatic N) is 1. The van der Waals surface area contributed by atoms with Gasteiger partial charge in [0, 0.05) is 5.56 Å². The van der Waals surface area contributed by atoms with E-state index in [4.69, 9.17) is 0 Å². The van der Waals surface area contributed by atoms with Crippen molar-refractivity contribution in [1.82, 2.24) is 5.43 Å². The summed E-state index contributed by atoms with van der Waals surface area (Å²) in [6, 6.07) is 0.202. The van der Waals surface area contributed by atoms with Crippen LogP contribution in [0.1, 0.15) is 27.9 Å². The summed E-state index contributed by atoms with van der Waals surface area (Å²) in [5.74, 6) is -3.62. The standard InChI is InChI=1S/C15H12F6N2O5/c1-27-11(24)6-10(13(26)28-2)22-23-12(25)7-3-8(14(16,17)18)5-9(4-7)15(19,20)21/h3-5H,6H2,1-2H3,(H,23,25)/b22-10-. The molecular formula is C15H12F6N2O5. The highest BCUT2D eigenvalue weighted by Gasteiger charge is 2.37. The minimum Gasteiger partial charge on any atom is -0.469 e. The molecule has 1 rings (SSSR count). The molecule has 0 aliphatic carbocycles. The first-order chi connectivity index (χ1) is 12.8. The summed E-state index contributed by atoms with van der Waals surface area (Å²) in [5.41, 5.74) is -3.52. The maximum absolute atomic E-state index is 12.8. The molecular weight excluding hydrogens is 402 g/mol. The first-order valence-corrected chi connectivity index (χ1v) is 7.11. The normalized spacial score (nSPS) is 12.4. The maximum atomic E-state index is 12.8. The number of nitrogens with one attached hydrogen (secondary N) is 1. The fourth-order valence-electron chi connectivity index (χ4n) is 1.75. The van der Waals surface area contributed by atoms with Crippen LogP contribution in [0.4, 0.5) is 26.3 Å². The van der Waals surface area contributed by atoms with Crippen LogP contribution in [0.2, 0.25) is 0 Å². The van der Waals surface area contributed by atoms with E-state index in [1.807, 2.05) is 0 Å². The van der Waals surface area contributed by atoms with Crippen LogP contribution in [0.5, 0.6) is 0 Å². The van der Waals surface area contributed by atoms with Gasteiger partial charge in [-0.15, -0.1) is 0 Å². The number of methoxy groups -OCH3 is 2. The predicted molar refractivity (Wildman–Crippen MR) is 80.0 cm³/mol. The Bertz CT molecular complexity index is 769. The third-order valence-corrected chi connectivity index (χ3v) is 3.10. The smallest absolute Gasteiger partial charge is 0.416 e. The van der Waals surface area contributed by atoms with Gasteiger partial charge in [0.2, 0.25) is 0 Å². The molecule has 0 spiro atoms. The van der Waals surface area contributed by atoms with E-state index in [1.54, 1.807) is 5.43 Å². The number of ether oxygens (including phenoxy) is 2. The highest BCUT2D eigenvalue weighted by atomic mass is 19.4. The average molecular weight is 414 g/mol. The van der Waals surface area contributed by atoms with Crippen LogP contribution in [0.3, 0.4) is 0 Å². The maximum Gasteiger partial charge on any atom is 0.416 e. The van der Waals surface area contributed by atoms with Crippen molar-refractivity contribution in [3.05, 3.63) is 34.9 Å². The van der Waals surface area contributed by atoms with E-state index >= 15 is 0 Å². The zero-order chi connectivity index (χ0) is 21.7. The Hall–Kier alpha value is -3.12. The number of halogens is 6. The third kappa shape index (κ3) is 6.25. The lowest BCUT2D eigenvalue weighted by Crippen LogP contribution is -2.27. The first-order valence-electron chi connectivity index (χ1n) is 7.11. The zero-order valence-corrected chi connectivity index (χ0v) is 14.2. The molecule has 0 bridgehead atoms. The number of carbonyl (C=O) groups is 3. The van der Waals surface area contributed by atoms with Gasteiger partial charge >= 0.3 is 24.3 Å². The highest BCUT2D eigenvalue weighted by molar-refractivity contribution is 6.39. The van der Waals surface area contributed by atoms with Crippen LogP contribution >= 0.6 is 0 Å². The quantitative estimate of drug-likeness (QED) is 0.346. The van der Waals surface area contributed by atoms with Crippen molar-refractivity contribution in [3.8, 4) is 0 Å². The SMILES string of the molecule is COC(=O)C/C(=N/NC(=O)c1cc(C(F)(F)F)cc(C(F)(F)F)c1)C(=O)OC. The minimum absolute atomic E-state index is 0.156. The summed E-state index contributed by atoms with van der Waals surface area (Å²) in [6.45, 7) is 0. The molecule has 0 aliphatic heterocycles. The lowest BCUT2D eigenvalue weighted by molar-refractivity contribution is -0.143. The highest BCUT2D eigenvalue weighted by Crippen LogP contribution is 2.36. The number of esters is 2. The molecule has 1 N–H and O–H groups in total. The number of alkyl halides is 6. The molecule has 154 valence electrons. The van der Waals surface area contributed by atoms with Gasteiger partial charge in [-0.05, 0) is 18.2 Å². The van der Waals surface area contributed by atoms with E-state index in [2.05, 4.69) is 14.6 Å². The van der Waals surface area contributed by atoms with Crippen LogP contribution in [0, 0.1) is 0 Å². The summed E-state index contributed by atoms with van der Waals surface area (Å²) in [7, 11) is 1.90. The van der Waals surface area contributed by atoms with Crippen molar-refractivity contribution < 1.29 is 50.2 Å². The zero-order valence-electron chi connectivity index (χ0n) is 14.2. The van der Waals surface area contributed by atoms with Crippen LogP contribution in [-0.4, -0.2) is 37.8 Å². The van der Waals surface area contributed by atoms with Crippen LogP contribution in [0.25, 0.3) is 0 Å². The predicted octanol–water partition coefficient (Wildman–Crippen LogP) is 2.55. The first kappa shape index (κ1) is 22.9. The van der Waals surface area contributed by atoms with Gasteiger partial charge < -0.3 is 9.47 Å². The van der Waals surface area contributed by atoms with Gasteiger partial charge in [0.1, 0.15) is 0 Å². The fraction of sp³-hybridized carbons (Fsp3) is 0.333. The molecule has 0 atom stereocenters. The number of hydrogen-bond acceptors (Lipinski definition) is 6. The van der Waals surface area contributed by atoms with Gasteiger partial charge in [-0.1, -0.05) is 0 Å². The molecule has 0 heterocycles. The van der Waals surface area contributed by atoms with Gasteiger partial charge in [0.15, 0.2) is 5.71 Å². The molecule has 0 fully saturated rings. The van der Waals surface area contributed by atoms with Crippen LogP contribution < -0.4 is 5.43 Å². The third-order valence-electron chi connectivity index (χ3n) is 3.10. The van der Waals surface area contributed by atoms with E-state index in [1.165, 1.54) is 0 Å². The number of hydrazone groups is 1. The molecule has 0 saturated carbocycles. The molecule has 0 aromatic heterocycles. The lowest BCUT2D eigenvalue weighted by atomic mass is 10.0. The van der Waals surface area contributed by atoms with Crippen molar-refractivity contribution in [3.63, 3.8) is 0 Å². The molecule has 28 heavy (non-hydrogen) atoms. The monoisotopic (exact) mass is 414 g/mol. The molecule has 13 heteroatoms. The molecule has 1 aromatic rings. The Kier molecular flexibility index (Phi) is 7.13. The summed E-state index contributed by atoms with van der Waals surface area (Å²) in [5, 5.41) is 3.22. The second-order valence-corrected chi connectivity index (χ2v) is 5.04. The van der Waals surface area contributed by atoms with Crippen molar-refractivity contribution in [2.75, 3.05) is 14.2 Å². The minimum atomic E-state index is -5.15. The molecule has 0 unspecified atom stereocenters. The lowest BCUT2D eigenvalue weighted by Gasteiger charge is -2.13. The Labute approximate surface area is 153 Å². The van der Waals surface area contributed by atoms with Gasteiger partial charge in [0.25, 0.3) is 5.91 Å².